The number of benzene rings is 1. The van der Waals surface area contributed by atoms with E-state index in [9.17, 15) is 18.7 Å². The molecule has 0 bridgehead atoms. The van der Waals surface area contributed by atoms with Gasteiger partial charge in [-0.2, -0.15) is 0 Å². The first-order valence-corrected chi connectivity index (χ1v) is 4.71. The molecule has 5 heteroatoms. The summed E-state index contributed by atoms with van der Waals surface area (Å²) in [6.07, 6.45) is 1.34. The second kappa shape index (κ2) is 4.29. The van der Waals surface area contributed by atoms with Gasteiger partial charge in [-0.05, 0) is 30.3 Å². The highest BCUT2D eigenvalue weighted by molar-refractivity contribution is 5.87. The molecule has 0 aliphatic heterocycles. The van der Waals surface area contributed by atoms with Crippen molar-refractivity contribution in [3.63, 3.8) is 0 Å². The van der Waals surface area contributed by atoms with E-state index in [2.05, 4.69) is 4.98 Å². The Hall–Kier alpha value is -2.30. The van der Waals surface area contributed by atoms with Gasteiger partial charge in [0.2, 0.25) is 0 Å². The van der Waals surface area contributed by atoms with Gasteiger partial charge in [-0.25, -0.2) is 8.78 Å². The zero-order valence-corrected chi connectivity index (χ0v) is 8.48. The van der Waals surface area contributed by atoms with Crippen LogP contribution in [0, 0.1) is 11.6 Å². The van der Waals surface area contributed by atoms with Crippen LogP contribution in [0.15, 0.2) is 36.5 Å². The zero-order valence-electron chi connectivity index (χ0n) is 8.48. The van der Waals surface area contributed by atoms with Crippen LogP contribution in [-0.2, 0) is 0 Å². The fourth-order valence-corrected chi connectivity index (χ4v) is 1.44. The molecule has 2 rings (SSSR count). The van der Waals surface area contributed by atoms with Gasteiger partial charge in [0.1, 0.15) is 17.3 Å². The van der Waals surface area contributed by atoms with E-state index in [1.807, 2.05) is 0 Å². The fraction of sp³-hybridized carbons (Fsp3) is 0. The van der Waals surface area contributed by atoms with Gasteiger partial charge in [-0.1, -0.05) is 0 Å². The number of nitrogens with zero attached hydrogens (tertiary/aromatic N) is 1. The van der Waals surface area contributed by atoms with Crippen molar-refractivity contribution in [3.8, 4) is 11.3 Å². The Kier molecular flexibility index (Phi) is 2.82. The van der Waals surface area contributed by atoms with Gasteiger partial charge in [-0.3, -0.25) is 4.98 Å². The number of carboxylic acids is 1. The van der Waals surface area contributed by atoms with Crippen LogP contribution in [0.1, 0.15) is 10.4 Å². The molecule has 3 nitrogen and oxygen atoms in total. The molecule has 0 N–H and O–H groups in total. The second-order valence-corrected chi connectivity index (χ2v) is 3.35. The lowest BCUT2D eigenvalue weighted by Crippen LogP contribution is -2.22. The first-order chi connectivity index (χ1) is 8.08. The third-order valence-corrected chi connectivity index (χ3v) is 2.17. The highest BCUT2D eigenvalue weighted by atomic mass is 19.1. The van der Waals surface area contributed by atoms with Gasteiger partial charge >= 0.3 is 0 Å². The normalized spacial score (nSPS) is 10.2. The Morgan fingerprint density at radius 3 is 2.65 bits per heavy atom. The number of hydrogen-bond acceptors (Lipinski definition) is 3. The number of hydrogen-bond donors (Lipinski definition) is 0. The summed E-state index contributed by atoms with van der Waals surface area (Å²) in [6.45, 7) is 0. The summed E-state index contributed by atoms with van der Waals surface area (Å²) in [5.41, 5.74) is -0.401. The summed E-state index contributed by atoms with van der Waals surface area (Å²) >= 11 is 0. The quantitative estimate of drug-likeness (QED) is 0.789. The van der Waals surface area contributed by atoms with E-state index in [-0.39, 0.29) is 16.8 Å². The molecule has 1 heterocycles. The molecule has 0 aliphatic rings. The largest absolute Gasteiger partial charge is 0.545 e. The van der Waals surface area contributed by atoms with Crippen LogP contribution in [0.2, 0.25) is 0 Å². The van der Waals surface area contributed by atoms with Crippen LogP contribution < -0.4 is 5.11 Å². The van der Waals surface area contributed by atoms with E-state index < -0.39 is 17.6 Å². The second-order valence-electron chi connectivity index (χ2n) is 3.35. The lowest BCUT2D eigenvalue weighted by atomic mass is 10.1. The Bertz CT molecular complexity index is 584. The molecule has 2 aromatic rings. The minimum absolute atomic E-state index is 0.0577. The third-order valence-electron chi connectivity index (χ3n) is 2.17. The topological polar surface area (TPSA) is 53.0 Å². The van der Waals surface area contributed by atoms with E-state index in [1.165, 1.54) is 12.3 Å². The van der Waals surface area contributed by atoms with Crippen LogP contribution in [-0.4, -0.2) is 11.0 Å². The van der Waals surface area contributed by atoms with Gasteiger partial charge in [0.15, 0.2) is 0 Å². The van der Waals surface area contributed by atoms with E-state index in [0.717, 1.165) is 24.3 Å². The molecule has 0 fully saturated rings. The number of rotatable bonds is 2. The van der Waals surface area contributed by atoms with Crippen molar-refractivity contribution < 1.29 is 18.7 Å². The summed E-state index contributed by atoms with van der Waals surface area (Å²) in [7, 11) is 0. The molecule has 0 aliphatic carbocycles. The molecule has 1 aromatic heterocycles. The Balaban J connectivity index is 2.60. The predicted octanol–water partition coefficient (Wildman–Crippen LogP) is 1.39. The zero-order chi connectivity index (χ0) is 12.4. The molecule has 86 valence electrons. The minimum Gasteiger partial charge on any atom is -0.545 e. The SMILES string of the molecule is O=C([O-])c1cc(F)cc(-c2ncccc2F)c1. The number of aromatic nitrogens is 1. The summed E-state index contributed by atoms with van der Waals surface area (Å²) in [4.78, 5) is 14.4. The van der Waals surface area contributed by atoms with Gasteiger partial charge in [0.25, 0.3) is 0 Å². The van der Waals surface area contributed by atoms with Gasteiger partial charge < -0.3 is 9.90 Å². The van der Waals surface area contributed by atoms with Crippen molar-refractivity contribution in [1.29, 1.82) is 0 Å². The third kappa shape index (κ3) is 2.28. The molecule has 0 amide bonds. The van der Waals surface area contributed by atoms with Gasteiger partial charge in [0.05, 0.1) is 5.97 Å². The average molecular weight is 234 g/mol. The van der Waals surface area contributed by atoms with Crippen molar-refractivity contribution in [2.24, 2.45) is 0 Å². The summed E-state index contributed by atoms with van der Waals surface area (Å²) in [5.74, 6) is -2.96. The van der Waals surface area contributed by atoms with Crippen molar-refractivity contribution in [2.75, 3.05) is 0 Å². The summed E-state index contributed by atoms with van der Waals surface area (Å²) < 4.78 is 26.6. The van der Waals surface area contributed by atoms with Gasteiger partial charge in [0, 0.05) is 17.3 Å². The van der Waals surface area contributed by atoms with Crippen molar-refractivity contribution in [2.45, 2.75) is 0 Å². The number of halogens is 2. The highest BCUT2D eigenvalue weighted by Crippen LogP contribution is 2.22. The van der Waals surface area contributed by atoms with Gasteiger partial charge in [-0.15, -0.1) is 0 Å². The Morgan fingerprint density at radius 2 is 2.00 bits per heavy atom. The number of aromatic carboxylic acids is 1. The molecule has 1 aromatic carbocycles. The van der Waals surface area contributed by atoms with E-state index in [0.29, 0.717) is 0 Å². The maximum atomic E-state index is 13.4. The van der Waals surface area contributed by atoms with Crippen molar-refractivity contribution >= 4 is 5.97 Å². The van der Waals surface area contributed by atoms with Crippen LogP contribution in [0.25, 0.3) is 11.3 Å². The molecule has 0 unspecified atom stereocenters. The minimum atomic E-state index is -1.53. The van der Waals surface area contributed by atoms with Crippen LogP contribution in [0.5, 0.6) is 0 Å². The molecule has 17 heavy (non-hydrogen) atoms. The van der Waals surface area contributed by atoms with Crippen LogP contribution >= 0.6 is 0 Å². The maximum Gasteiger partial charge on any atom is 0.149 e. The van der Waals surface area contributed by atoms with E-state index >= 15 is 0 Å². The standard InChI is InChI=1S/C12H7F2NO2/c13-9-5-7(4-8(6-9)12(16)17)11-10(14)2-1-3-15-11/h1-6H,(H,16,17)/p-1. The van der Waals surface area contributed by atoms with E-state index in [4.69, 9.17) is 0 Å². The lowest BCUT2D eigenvalue weighted by molar-refractivity contribution is -0.255. The smallest absolute Gasteiger partial charge is 0.149 e. The number of carbonyl (C=O) groups excluding carboxylic acids is 1. The highest BCUT2D eigenvalue weighted by Gasteiger charge is 2.09. The van der Waals surface area contributed by atoms with E-state index in [1.54, 1.807) is 0 Å². The average Bonchev–Trinajstić information content (AvgIpc) is 2.28. The molecule has 0 radical (unpaired) electrons. The Morgan fingerprint density at radius 1 is 1.24 bits per heavy atom. The monoisotopic (exact) mass is 234 g/mol. The fourth-order valence-electron chi connectivity index (χ4n) is 1.44. The molecular formula is C12H6F2NO2-. The molecular weight excluding hydrogens is 228 g/mol. The maximum absolute atomic E-state index is 13.4. The Labute approximate surface area is 95.4 Å². The lowest BCUT2D eigenvalue weighted by Gasteiger charge is -2.07. The van der Waals surface area contributed by atoms with Crippen LogP contribution in [0.4, 0.5) is 8.78 Å². The first-order valence-electron chi connectivity index (χ1n) is 4.71. The first kappa shape index (κ1) is 11.2. The molecule has 0 saturated carbocycles. The van der Waals surface area contributed by atoms with Crippen molar-refractivity contribution in [1.82, 2.24) is 4.98 Å². The number of carbonyl (C=O) groups is 1. The molecule has 0 atom stereocenters. The van der Waals surface area contributed by atoms with Crippen LogP contribution in [0.3, 0.4) is 0 Å². The molecule has 0 saturated heterocycles. The summed E-state index contributed by atoms with van der Waals surface area (Å²) in [6, 6.07) is 5.48. The number of carboxylic acid groups (broad SMARTS) is 1. The molecule has 0 spiro atoms. The predicted molar refractivity (Wildman–Crippen MR) is 53.9 cm³/mol. The summed E-state index contributed by atoms with van der Waals surface area (Å²) in [5, 5.41) is 10.6. The number of pyridine rings is 1. The van der Waals surface area contributed by atoms with Crippen molar-refractivity contribution in [3.05, 3.63) is 53.7 Å².